The third kappa shape index (κ3) is 2.69. The fourth-order valence-electron chi connectivity index (χ4n) is 2.50. The first kappa shape index (κ1) is 14.9. The molecule has 2 rings (SSSR count). The lowest BCUT2D eigenvalue weighted by Gasteiger charge is -2.27. The Morgan fingerprint density at radius 3 is 2.52 bits per heavy atom. The Morgan fingerprint density at radius 1 is 1.33 bits per heavy atom. The molecule has 112 valence electrons. The van der Waals surface area contributed by atoms with Gasteiger partial charge in [-0.1, -0.05) is 0 Å². The van der Waals surface area contributed by atoms with E-state index in [1.54, 1.807) is 32.9 Å². The molecular weight excluding hydrogens is 274 g/mol. The monoisotopic (exact) mass is 291 g/mol. The van der Waals surface area contributed by atoms with Gasteiger partial charge in [0.05, 0.1) is 29.9 Å². The molecule has 0 aliphatic carbocycles. The van der Waals surface area contributed by atoms with E-state index in [0.29, 0.717) is 17.2 Å². The fourth-order valence-corrected chi connectivity index (χ4v) is 2.50. The maximum atomic E-state index is 12.2. The summed E-state index contributed by atoms with van der Waals surface area (Å²) < 4.78 is 10.4. The first-order valence-electron chi connectivity index (χ1n) is 6.59. The van der Waals surface area contributed by atoms with Crippen LogP contribution in [-0.4, -0.2) is 23.7 Å². The first-order valence-corrected chi connectivity index (χ1v) is 6.59. The van der Waals surface area contributed by atoms with Gasteiger partial charge in [0.1, 0.15) is 5.76 Å². The molecule has 0 saturated heterocycles. The van der Waals surface area contributed by atoms with Crippen LogP contribution in [0.25, 0.3) is 0 Å². The Balaban J connectivity index is 2.58. The second kappa shape index (κ2) is 5.87. The van der Waals surface area contributed by atoms with Gasteiger partial charge >= 0.3 is 11.9 Å². The molecular formula is C15H17NO5. The fraction of sp³-hybridized carbons (Fsp3) is 0.333. The van der Waals surface area contributed by atoms with Gasteiger partial charge in [0.25, 0.3) is 0 Å². The van der Waals surface area contributed by atoms with Crippen molar-refractivity contribution < 1.29 is 23.8 Å². The average Bonchev–Trinajstić information content (AvgIpc) is 2.90. The SMILES string of the molecule is CCOC(=O)C1=C(C)NC(C)=C(C(=O)O)C1c1ccco1. The molecule has 1 unspecified atom stereocenters. The van der Waals surface area contributed by atoms with Gasteiger partial charge in [-0.15, -0.1) is 0 Å². The molecule has 0 radical (unpaired) electrons. The zero-order valence-corrected chi connectivity index (χ0v) is 12.1. The summed E-state index contributed by atoms with van der Waals surface area (Å²) in [6, 6.07) is 3.31. The van der Waals surface area contributed by atoms with Crippen molar-refractivity contribution in [3.05, 3.63) is 46.7 Å². The Labute approximate surface area is 122 Å². The number of carboxylic acids is 1. The highest BCUT2D eigenvalue weighted by Crippen LogP contribution is 2.38. The van der Waals surface area contributed by atoms with Crippen LogP contribution in [0.3, 0.4) is 0 Å². The lowest BCUT2D eigenvalue weighted by Crippen LogP contribution is -2.31. The number of carboxylic acid groups (broad SMARTS) is 1. The molecule has 6 heteroatoms. The van der Waals surface area contributed by atoms with Gasteiger partial charge in [-0.25, -0.2) is 9.59 Å². The molecule has 0 amide bonds. The summed E-state index contributed by atoms with van der Waals surface area (Å²) in [7, 11) is 0. The maximum absolute atomic E-state index is 12.2. The zero-order chi connectivity index (χ0) is 15.6. The summed E-state index contributed by atoms with van der Waals surface area (Å²) in [6.07, 6.45) is 1.45. The van der Waals surface area contributed by atoms with Crippen LogP contribution in [-0.2, 0) is 14.3 Å². The lowest BCUT2D eigenvalue weighted by molar-refractivity contribution is -0.139. The lowest BCUT2D eigenvalue weighted by atomic mass is 9.83. The highest BCUT2D eigenvalue weighted by molar-refractivity contribution is 5.98. The van der Waals surface area contributed by atoms with Gasteiger partial charge in [0.2, 0.25) is 0 Å². The third-order valence-corrected chi connectivity index (χ3v) is 3.31. The van der Waals surface area contributed by atoms with E-state index in [-0.39, 0.29) is 17.8 Å². The topological polar surface area (TPSA) is 88.8 Å². The van der Waals surface area contributed by atoms with Crippen LogP contribution in [0.15, 0.2) is 45.4 Å². The Hall–Kier alpha value is -2.50. The number of hydrogen-bond donors (Lipinski definition) is 2. The number of esters is 1. The van der Waals surface area contributed by atoms with Crippen molar-refractivity contribution in [1.29, 1.82) is 0 Å². The van der Waals surface area contributed by atoms with Crippen molar-refractivity contribution in [2.75, 3.05) is 6.61 Å². The van der Waals surface area contributed by atoms with Crippen LogP contribution in [0.1, 0.15) is 32.4 Å². The second-order valence-corrected chi connectivity index (χ2v) is 4.68. The number of furan rings is 1. The first-order chi connectivity index (χ1) is 9.97. The van der Waals surface area contributed by atoms with Crippen molar-refractivity contribution in [3.8, 4) is 0 Å². The predicted octanol–water partition coefficient (Wildman–Crippen LogP) is 2.16. The number of aliphatic carboxylic acids is 1. The van der Waals surface area contributed by atoms with Gasteiger partial charge < -0.3 is 19.6 Å². The molecule has 21 heavy (non-hydrogen) atoms. The minimum absolute atomic E-state index is 0.0820. The van der Waals surface area contributed by atoms with Gasteiger partial charge in [-0.2, -0.15) is 0 Å². The van der Waals surface area contributed by atoms with E-state index in [0.717, 1.165) is 0 Å². The number of hydrogen-bond acceptors (Lipinski definition) is 5. The minimum atomic E-state index is -1.10. The van der Waals surface area contributed by atoms with E-state index in [1.165, 1.54) is 6.26 Å². The van der Waals surface area contributed by atoms with Crippen LogP contribution >= 0.6 is 0 Å². The van der Waals surface area contributed by atoms with Crippen molar-refractivity contribution >= 4 is 11.9 Å². The highest BCUT2D eigenvalue weighted by atomic mass is 16.5. The molecule has 1 aliphatic rings. The van der Waals surface area contributed by atoms with E-state index in [2.05, 4.69) is 5.32 Å². The van der Waals surface area contributed by atoms with Gasteiger partial charge in [-0.05, 0) is 32.9 Å². The van der Waals surface area contributed by atoms with Crippen LogP contribution in [0.5, 0.6) is 0 Å². The summed E-state index contributed by atoms with van der Waals surface area (Å²) in [5.41, 5.74) is 1.39. The number of allylic oxidation sites excluding steroid dienone is 2. The Kier molecular flexibility index (Phi) is 4.16. The van der Waals surface area contributed by atoms with Crippen LogP contribution in [0.4, 0.5) is 0 Å². The maximum Gasteiger partial charge on any atom is 0.336 e. The predicted molar refractivity (Wildman–Crippen MR) is 74.3 cm³/mol. The molecule has 0 bridgehead atoms. The Bertz CT molecular complexity index is 624. The van der Waals surface area contributed by atoms with E-state index in [4.69, 9.17) is 9.15 Å². The number of carbonyl (C=O) groups is 2. The largest absolute Gasteiger partial charge is 0.478 e. The molecule has 6 nitrogen and oxygen atoms in total. The smallest absolute Gasteiger partial charge is 0.336 e. The summed E-state index contributed by atoms with van der Waals surface area (Å²) in [4.78, 5) is 23.8. The second-order valence-electron chi connectivity index (χ2n) is 4.68. The number of ether oxygens (including phenoxy) is 1. The molecule has 2 N–H and O–H groups in total. The summed E-state index contributed by atoms with van der Waals surface area (Å²) in [6.45, 7) is 5.28. The number of nitrogens with one attached hydrogen (secondary N) is 1. The van der Waals surface area contributed by atoms with Crippen molar-refractivity contribution in [3.63, 3.8) is 0 Å². The molecule has 0 spiro atoms. The number of dihydropyridines is 1. The molecule has 2 heterocycles. The molecule has 1 aromatic rings. The normalized spacial score (nSPS) is 18.5. The molecule has 1 atom stereocenters. The van der Waals surface area contributed by atoms with E-state index in [1.807, 2.05) is 0 Å². The highest BCUT2D eigenvalue weighted by Gasteiger charge is 2.38. The number of rotatable bonds is 4. The van der Waals surface area contributed by atoms with Crippen molar-refractivity contribution in [2.45, 2.75) is 26.7 Å². The van der Waals surface area contributed by atoms with E-state index >= 15 is 0 Å². The van der Waals surface area contributed by atoms with Crippen LogP contribution < -0.4 is 5.32 Å². The van der Waals surface area contributed by atoms with Gasteiger partial charge in [0, 0.05) is 11.4 Å². The molecule has 0 saturated carbocycles. The third-order valence-electron chi connectivity index (χ3n) is 3.31. The van der Waals surface area contributed by atoms with Crippen molar-refractivity contribution in [2.24, 2.45) is 0 Å². The average molecular weight is 291 g/mol. The standard InChI is InChI=1S/C15H17NO5/c1-4-20-15(19)12-9(3)16-8(2)11(14(17)18)13(12)10-6-5-7-21-10/h5-7,13,16H,4H2,1-3H3,(H,17,18). The van der Waals surface area contributed by atoms with E-state index < -0.39 is 17.9 Å². The molecule has 1 aliphatic heterocycles. The van der Waals surface area contributed by atoms with E-state index in [9.17, 15) is 14.7 Å². The summed E-state index contributed by atoms with van der Waals surface area (Å²) in [5, 5.41) is 12.4. The summed E-state index contributed by atoms with van der Waals surface area (Å²) in [5.74, 6) is -2.03. The Morgan fingerprint density at radius 2 is 2.00 bits per heavy atom. The summed E-state index contributed by atoms with van der Waals surface area (Å²) >= 11 is 0. The van der Waals surface area contributed by atoms with Crippen LogP contribution in [0, 0.1) is 0 Å². The number of carbonyl (C=O) groups excluding carboxylic acids is 1. The quantitative estimate of drug-likeness (QED) is 0.826. The van der Waals surface area contributed by atoms with Gasteiger partial charge in [0.15, 0.2) is 0 Å². The zero-order valence-electron chi connectivity index (χ0n) is 12.1. The molecule has 1 aromatic heterocycles. The van der Waals surface area contributed by atoms with Gasteiger partial charge in [-0.3, -0.25) is 0 Å². The minimum Gasteiger partial charge on any atom is -0.478 e. The van der Waals surface area contributed by atoms with Crippen molar-refractivity contribution in [1.82, 2.24) is 5.32 Å². The molecule has 0 aromatic carbocycles. The molecule has 0 fully saturated rings. The van der Waals surface area contributed by atoms with Crippen LogP contribution in [0.2, 0.25) is 0 Å².